The maximum absolute atomic E-state index is 12.3. The Morgan fingerprint density at radius 1 is 1.16 bits per heavy atom. The molecular weight excluding hydrogens is 244 g/mol. The highest BCUT2D eigenvalue weighted by Gasteiger charge is 2.39. The number of hydrogen-bond donors (Lipinski definition) is 3. The highest BCUT2D eigenvalue weighted by Crippen LogP contribution is 2.33. The van der Waals surface area contributed by atoms with Gasteiger partial charge in [-0.2, -0.15) is 0 Å². The zero-order valence-electron chi connectivity index (χ0n) is 11.4. The van der Waals surface area contributed by atoms with Gasteiger partial charge in [0.15, 0.2) is 0 Å². The van der Waals surface area contributed by atoms with Crippen molar-refractivity contribution in [1.82, 2.24) is 5.32 Å². The van der Waals surface area contributed by atoms with Gasteiger partial charge in [-0.05, 0) is 25.7 Å². The number of rotatable bonds is 4. The maximum Gasteiger partial charge on any atom is 0.305 e. The van der Waals surface area contributed by atoms with Crippen molar-refractivity contribution in [2.45, 2.75) is 69.4 Å². The van der Waals surface area contributed by atoms with Crippen LogP contribution in [-0.2, 0) is 9.59 Å². The van der Waals surface area contributed by atoms with Crippen molar-refractivity contribution >= 4 is 11.9 Å². The fourth-order valence-electron chi connectivity index (χ4n) is 3.53. The van der Waals surface area contributed by atoms with Crippen LogP contribution in [0, 0.1) is 5.92 Å². The van der Waals surface area contributed by atoms with Gasteiger partial charge in [-0.15, -0.1) is 0 Å². The van der Waals surface area contributed by atoms with Crippen molar-refractivity contribution in [2.24, 2.45) is 11.7 Å². The molecule has 1 amide bonds. The minimum Gasteiger partial charge on any atom is -0.481 e. The SMILES string of the molecule is NC1CCCC1C(=O)NC1(CC(=O)O)CCCCC1. The summed E-state index contributed by atoms with van der Waals surface area (Å²) in [6, 6.07) is -0.0644. The molecule has 0 aromatic rings. The molecule has 0 aliphatic heterocycles. The minimum atomic E-state index is -0.835. The topological polar surface area (TPSA) is 92.4 Å². The van der Waals surface area contributed by atoms with Crippen LogP contribution in [0.1, 0.15) is 57.8 Å². The predicted molar refractivity (Wildman–Crippen MR) is 71.5 cm³/mol. The lowest BCUT2D eigenvalue weighted by molar-refractivity contribution is -0.140. The molecule has 0 saturated heterocycles. The van der Waals surface area contributed by atoms with E-state index in [4.69, 9.17) is 10.8 Å². The van der Waals surface area contributed by atoms with Gasteiger partial charge in [-0.25, -0.2) is 0 Å². The van der Waals surface area contributed by atoms with Gasteiger partial charge in [-0.1, -0.05) is 25.7 Å². The summed E-state index contributed by atoms with van der Waals surface area (Å²) in [7, 11) is 0. The third-order valence-electron chi connectivity index (χ3n) is 4.59. The molecular formula is C14H24N2O3. The first kappa shape index (κ1) is 14.3. The number of hydrogen-bond acceptors (Lipinski definition) is 3. The Labute approximate surface area is 113 Å². The third kappa shape index (κ3) is 3.47. The molecule has 2 fully saturated rings. The molecule has 0 spiro atoms. The van der Waals surface area contributed by atoms with Crippen molar-refractivity contribution in [1.29, 1.82) is 0 Å². The molecule has 0 bridgehead atoms. The van der Waals surface area contributed by atoms with Gasteiger partial charge in [-0.3, -0.25) is 9.59 Å². The number of carbonyl (C=O) groups is 2. The quantitative estimate of drug-likeness (QED) is 0.718. The van der Waals surface area contributed by atoms with Crippen LogP contribution in [0.2, 0.25) is 0 Å². The summed E-state index contributed by atoms with van der Waals surface area (Å²) in [6.45, 7) is 0. The Bertz CT molecular complexity index is 351. The van der Waals surface area contributed by atoms with Crippen LogP contribution < -0.4 is 11.1 Å². The number of carboxylic acid groups (broad SMARTS) is 1. The third-order valence-corrected chi connectivity index (χ3v) is 4.59. The Morgan fingerprint density at radius 3 is 2.37 bits per heavy atom. The Morgan fingerprint density at radius 2 is 1.84 bits per heavy atom. The van der Waals surface area contributed by atoms with Gasteiger partial charge < -0.3 is 16.2 Å². The summed E-state index contributed by atoms with van der Waals surface area (Å²) in [6.07, 6.45) is 7.39. The van der Waals surface area contributed by atoms with Crippen LogP contribution in [0.4, 0.5) is 0 Å². The molecule has 2 unspecified atom stereocenters. The molecule has 19 heavy (non-hydrogen) atoms. The molecule has 108 valence electrons. The van der Waals surface area contributed by atoms with Crippen molar-refractivity contribution in [3.8, 4) is 0 Å². The molecule has 5 heteroatoms. The lowest BCUT2D eigenvalue weighted by Crippen LogP contribution is -2.54. The molecule has 2 aliphatic carbocycles. The van der Waals surface area contributed by atoms with E-state index in [-0.39, 0.29) is 24.3 Å². The first-order valence-corrected chi connectivity index (χ1v) is 7.32. The average molecular weight is 268 g/mol. The van der Waals surface area contributed by atoms with Gasteiger partial charge in [0.25, 0.3) is 0 Å². The van der Waals surface area contributed by atoms with E-state index in [1.165, 1.54) is 0 Å². The smallest absolute Gasteiger partial charge is 0.305 e. The Hall–Kier alpha value is -1.10. The highest BCUT2D eigenvalue weighted by atomic mass is 16.4. The largest absolute Gasteiger partial charge is 0.481 e. The standard InChI is InChI=1S/C14H24N2O3/c15-11-6-4-5-10(11)13(19)16-14(9-12(17)18)7-2-1-3-8-14/h10-11H,1-9,15H2,(H,16,19)(H,17,18). The number of nitrogens with one attached hydrogen (secondary N) is 1. The van der Waals surface area contributed by atoms with Crippen LogP contribution in [-0.4, -0.2) is 28.6 Å². The Balaban J connectivity index is 2.02. The van der Waals surface area contributed by atoms with E-state index in [1.54, 1.807) is 0 Å². The van der Waals surface area contributed by atoms with Crippen LogP contribution in [0.15, 0.2) is 0 Å². The van der Waals surface area contributed by atoms with Gasteiger partial charge >= 0.3 is 5.97 Å². The van der Waals surface area contributed by atoms with E-state index in [9.17, 15) is 9.59 Å². The predicted octanol–water partition coefficient (Wildman–Crippen LogP) is 1.41. The zero-order chi connectivity index (χ0) is 13.9. The normalized spacial score (nSPS) is 29.9. The number of amides is 1. The van der Waals surface area contributed by atoms with Gasteiger partial charge in [0.1, 0.15) is 0 Å². The summed E-state index contributed by atoms with van der Waals surface area (Å²) >= 11 is 0. The van der Waals surface area contributed by atoms with Crippen molar-refractivity contribution < 1.29 is 14.7 Å². The summed E-state index contributed by atoms with van der Waals surface area (Å²) in [5.41, 5.74) is 5.41. The molecule has 0 aromatic heterocycles. The molecule has 0 radical (unpaired) electrons. The number of aliphatic carboxylic acids is 1. The van der Waals surface area contributed by atoms with Crippen molar-refractivity contribution in [3.05, 3.63) is 0 Å². The van der Waals surface area contributed by atoms with Gasteiger partial charge in [0.05, 0.1) is 17.9 Å². The zero-order valence-corrected chi connectivity index (χ0v) is 11.4. The summed E-state index contributed by atoms with van der Waals surface area (Å²) in [5.74, 6) is -1.00. The van der Waals surface area contributed by atoms with E-state index < -0.39 is 11.5 Å². The molecule has 0 heterocycles. The lowest BCUT2D eigenvalue weighted by atomic mass is 9.78. The van der Waals surface area contributed by atoms with E-state index in [1.807, 2.05) is 0 Å². The highest BCUT2D eigenvalue weighted by molar-refractivity contribution is 5.81. The van der Waals surface area contributed by atoms with E-state index in [0.29, 0.717) is 0 Å². The molecule has 2 rings (SSSR count). The van der Waals surface area contributed by atoms with Crippen LogP contribution in [0.3, 0.4) is 0 Å². The summed E-state index contributed by atoms with van der Waals surface area (Å²) in [4.78, 5) is 23.4. The molecule has 2 saturated carbocycles. The molecule has 4 N–H and O–H groups in total. The second kappa shape index (κ2) is 5.90. The fraction of sp³-hybridized carbons (Fsp3) is 0.857. The van der Waals surface area contributed by atoms with Crippen LogP contribution in [0.25, 0.3) is 0 Å². The molecule has 5 nitrogen and oxygen atoms in total. The second-order valence-corrected chi connectivity index (χ2v) is 6.10. The van der Waals surface area contributed by atoms with E-state index in [2.05, 4.69) is 5.32 Å². The van der Waals surface area contributed by atoms with Crippen molar-refractivity contribution in [3.63, 3.8) is 0 Å². The number of carbonyl (C=O) groups excluding carboxylic acids is 1. The Kier molecular flexibility index (Phi) is 4.45. The van der Waals surface area contributed by atoms with Crippen LogP contribution >= 0.6 is 0 Å². The lowest BCUT2D eigenvalue weighted by Gasteiger charge is -2.38. The number of nitrogens with two attached hydrogens (primary N) is 1. The second-order valence-electron chi connectivity index (χ2n) is 6.10. The maximum atomic E-state index is 12.3. The molecule has 2 aliphatic rings. The van der Waals surface area contributed by atoms with Gasteiger partial charge in [0, 0.05) is 6.04 Å². The van der Waals surface area contributed by atoms with Crippen molar-refractivity contribution in [2.75, 3.05) is 0 Å². The fourth-order valence-corrected chi connectivity index (χ4v) is 3.53. The first-order chi connectivity index (χ1) is 9.02. The van der Waals surface area contributed by atoms with Gasteiger partial charge in [0.2, 0.25) is 5.91 Å². The van der Waals surface area contributed by atoms with E-state index in [0.717, 1.165) is 51.4 Å². The van der Waals surface area contributed by atoms with Crippen LogP contribution in [0.5, 0.6) is 0 Å². The molecule has 2 atom stereocenters. The van der Waals surface area contributed by atoms with E-state index >= 15 is 0 Å². The summed E-state index contributed by atoms with van der Waals surface area (Å²) < 4.78 is 0. The first-order valence-electron chi connectivity index (χ1n) is 7.32. The number of carboxylic acids is 1. The monoisotopic (exact) mass is 268 g/mol. The average Bonchev–Trinajstić information content (AvgIpc) is 2.75. The molecule has 0 aromatic carbocycles. The summed E-state index contributed by atoms with van der Waals surface area (Å²) in [5, 5.41) is 12.1. The minimum absolute atomic E-state index is 0.0285.